The first-order valence-electron chi connectivity index (χ1n) is 8.25. The summed E-state index contributed by atoms with van der Waals surface area (Å²) in [5, 5.41) is 0. The van der Waals surface area contributed by atoms with E-state index in [9.17, 15) is 14.4 Å². The number of hydrogen-bond donors (Lipinski definition) is 0. The third-order valence-electron chi connectivity index (χ3n) is 3.94. The van der Waals surface area contributed by atoms with E-state index in [1.807, 2.05) is 13.8 Å². The van der Waals surface area contributed by atoms with Gasteiger partial charge >= 0.3 is 11.9 Å². The lowest BCUT2D eigenvalue weighted by atomic mass is 10.0. The van der Waals surface area contributed by atoms with Gasteiger partial charge in [0.15, 0.2) is 11.9 Å². The van der Waals surface area contributed by atoms with Crippen LogP contribution in [0.25, 0.3) is 0 Å². The minimum atomic E-state index is -1.63. The van der Waals surface area contributed by atoms with Crippen molar-refractivity contribution in [3.8, 4) is 0 Å². The number of esters is 2. The highest BCUT2D eigenvalue weighted by Gasteiger charge is 2.59. The van der Waals surface area contributed by atoms with E-state index in [1.54, 1.807) is 6.92 Å². The molecule has 2 atom stereocenters. The predicted octanol–water partition coefficient (Wildman–Crippen LogP) is 1.86. The Labute approximate surface area is 147 Å². The molecule has 0 aromatic carbocycles. The second-order valence-corrected chi connectivity index (χ2v) is 5.66. The molecule has 25 heavy (non-hydrogen) atoms. The van der Waals surface area contributed by atoms with E-state index >= 15 is 0 Å². The Kier molecular flexibility index (Phi) is 7.57. The zero-order valence-electron chi connectivity index (χ0n) is 15.2. The summed E-state index contributed by atoms with van der Waals surface area (Å²) in [5.74, 6) is -3.91. The minimum absolute atomic E-state index is 0.0609. The summed E-state index contributed by atoms with van der Waals surface area (Å²) in [6.45, 7) is 10.5. The lowest BCUT2D eigenvalue weighted by Crippen LogP contribution is -2.47. The highest BCUT2D eigenvalue weighted by Crippen LogP contribution is 2.45. The molecule has 1 saturated heterocycles. The lowest BCUT2D eigenvalue weighted by Gasteiger charge is -2.32. The third kappa shape index (κ3) is 5.02. The van der Waals surface area contributed by atoms with Crippen molar-refractivity contribution in [3.63, 3.8) is 0 Å². The Morgan fingerprint density at radius 3 is 2.36 bits per heavy atom. The minimum Gasteiger partial charge on any atom is -0.465 e. The maximum Gasteiger partial charge on any atom is 0.333 e. The maximum atomic E-state index is 11.9. The van der Waals surface area contributed by atoms with Crippen LogP contribution in [0.2, 0.25) is 0 Å². The normalized spacial score (nSPS) is 24.4. The SMILES string of the molecule is C=C(CC1(OC(C)=O)OC(CC)(CC)OC1COC=O)C(=O)OCC. The monoisotopic (exact) mass is 358 g/mol. The summed E-state index contributed by atoms with van der Waals surface area (Å²) < 4.78 is 27.1. The van der Waals surface area contributed by atoms with E-state index in [-0.39, 0.29) is 31.7 Å². The van der Waals surface area contributed by atoms with Crippen LogP contribution in [0.3, 0.4) is 0 Å². The fourth-order valence-corrected chi connectivity index (χ4v) is 2.72. The Bertz CT molecular complexity index is 511. The first kappa shape index (κ1) is 21.1. The van der Waals surface area contributed by atoms with Gasteiger partial charge in [0.25, 0.3) is 6.47 Å². The van der Waals surface area contributed by atoms with Crippen molar-refractivity contribution < 1.29 is 38.1 Å². The molecule has 0 amide bonds. The molecule has 142 valence electrons. The van der Waals surface area contributed by atoms with Gasteiger partial charge in [0, 0.05) is 18.9 Å². The van der Waals surface area contributed by atoms with Gasteiger partial charge in [-0.1, -0.05) is 20.4 Å². The van der Waals surface area contributed by atoms with Gasteiger partial charge in [0.1, 0.15) is 6.61 Å². The topological polar surface area (TPSA) is 97.4 Å². The van der Waals surface area contributed by atoms with Gasteiger partial charge in [-0.05, 0) is 19.8 Å². The predicted molar refractivity (Wildman–Crippen MR) is 86.2 cm³/mol. The van der Waals surface area contributed by atoms with Crippen molar-refractivity contribution in [2.75, 3.05) is 13.2 Å². The van der Waals surface area contributed by atoms with Crippen molar-refractivity contribution in [1.29, 1.82) is 0 Å². The van der Waals surface area contributed by atoms with Crippen LogP contribution >= 0.6 is 0 Å². The van der Waals surface area contributed by atoms with E-state index in [0.717, 1.165) is 0 Å². The van der Waals surface area contributed by atoms with Crippen molar-refractivity contribution >= 4 is 18.4 Å². The van der Waals surface area contributed by atoms with Gasteiger partial charge in [-0.2, -0.15) is 0 Å². The van der Waals surface area contributed by atoms with Crippen LogP contribution in [0.4, 0.5) is 0 Å². The molecule has 0 N–H and O–H groups in total. The summed E-state index contributed by atoms with van der Waals surface area (Å²) in [6, 6.07) is 0. The second-order valence-electron chi connectivity index (χ2n) is 5.66. The van der Waals surface area contributed by atoms with E-state index in [0.29, 0.717) is 12.8 Å². The van der Waals surface area contributed by atoms with Gasteiger partial charge < -0.3 is 23.7 Å². The molecule has 0 saturated carbocycles. The molecular formula is C17H26O8. The lowest BCUT2D eigenvalue weighted by molar-refractivity contribution is -0.259. The summed E-state index contributed by atoms with van der Waals surface area (Å²) in [6.07, 6.45) is -0.140. The van der Waals surface area contributed by atoms with E-state index in [4.69, 9.17) is 23.7 Å². The Morgan fingerprint density at radius 1 is 1.24 bits per heavy atom. The van der Waals surface area contributed by atoms with Crippen LogP contribution in [0.15, 0.2) is 12.2 Å². The molecule has 1 rings (SSSR count). The number of rotatable bonds is 10. The molecule has 1 heterocycles. The van der Waals surface area contributed by atoms with E-state index in [1.165, 1.54) is 6.92 Å². The van der Waals surface area contributed by atoms with Crippen LogP contribution in [0, 0.1) is 0 Å². The second kappa shape index (κ2) is 8.96. The van der Waals surface area contributed by atoms with Crippen molar-refractivity contribution in [2.24, 2.45) is 0 Å². The number of ether oxygens (including phenoxy) is 5. The largest absolute Gasteiger partial charge is 0.465 e. The molecule has 1 aliphatic heterocycles. The molecule has 8 nitrogen and oxygen atoms in total. The average molecular weight is 358 g/mol. The number of carbonyl (C=O) groups is 3. The zero-order chi connectivity index (χ0) is 19.1. The molecule has 8 heteroatoms. The highest BCUT2D eigenvalue weighted by atomic mass is 16.9. The molecule has 0 aromatic rings. The average Bonchev–Trinajstić information content (AvgIpc) is 2.86. The standard InChI is InChI=1S/C17H26O8/c1-6-16(7-2)24-14(10-21-11-18)17(25-16,23-13(5)19)9-12(4)15(20)22-8-3/h11,14H,4,6-10H2,1-3,5H3. The van der Waals surface area contributed by atoms with Gasteiger partial charge in [0.05, 0.1) is 6.61 Å². The van der Waals surface area contributed by atoms with Crippen molar-refractivity contribution in [2.45, 2.75) is 64.6 Å². The molecule has 0 radical (unpaired) electrons. The molecule has 2 unspecified atom stereocenters. The van der Waals surface area contributed by atoms with Gasteiger partial charge in [-0.15, -0.1) is 0 Å². The fourth-order valence-electron chi connectivity index (χ4n) is 2.72. The van der Waals surface area contributed by atoms with Gasteiger partial charge in [-0.3, -0.25) is 9.59 Å². The van der Waals surface area contributed by atoms with E-state index < -0.39 is 29.6 Å². The van der Waals surface area contributed by atoms with Crippen molar-refractivity contribution in [3.05, 3.63) is 12.2 Å². The smallest absolute Gasteiger partial charge is 0.333 e. The summed E-state index contributed by atoms with van der Waals surface area (Å²) in [5.41, 5.74) is 0.0609. The highest BCUT2D eigenvalue weighted by molar-refractivity contribution is 5.87. The molecule has 0 spiro atoms. The quantitative estimate of drug-likeness (QED) is 0.253. The Balaban J connectivity index is 3.19. The molecule has 1 fully saturated rings. The summed E-state index contributed by atoms with van der Waals surface area (Å²) in [7, 11) is 0. The zero-order valence-corrected chi connectivity index (χ0v) is 15.2. The molecule has 0 aromatic heterocycles. The van der Waals surface area contributed by atoms with Gasteiger partial charge in [-0.25, -0.2) is 4.79 Å². The van der Waals surface area contributed by atoms with Crippen LogP contribution in [0.5, 0.6) is 0 Å². The first-order chi connectivity index (χ1) is 11.8. The molecule has 1 aliphatic rings. The first-order valence-corrected chi connectivity index (χ1v) is 8.25. The Morgan fingerprint density at radius 2 is 1.88 bits per heavy atom. The van der Waals surface area contributed by atoms with Crippen LogP contribution < -0.4 is 0 Å². The third-order valence-corrected chi connectivity index (χ3v) is 3.94. The molecular weight excluding hydrogens is 332 g/mol. The summed E-state index contributed by atoms with van der Waals surface area (Å²) in [4.78, 5) is 34.2. The van der Waals surface area contributed by atoms with Crippen LogP contribution in [-0.2, 0) is 38.1 Å². The van der Waals surface area contributed by atoms with Crippen LogP contribution in [-0.4, -0.2) is 49.3 Å². The van der Waals surface area contributed by atoms with Crippen LogP contribution in [0.1, 0.15) is 47.0 Å². The fraction of sp³-hybridized carbons (Fsp3) is 0.706. The molecule has 0 bridgehead atoms. The van der Waals surface area contributed by atoms with E-state index in [2.05, 4.69) is 6.58 Å². The Hall–Kier alpha value is -1.93. The summed E-state index contributed by atoms with van der Waals surface area (Å²) >= 11 is 0. The van der Waals surface area contributed by atoms with Crippen molar-refractivity contribution in [1.82, 2.24) is 0 Å². The maximum absolute atomic E-state index is 11.9. The number of carbonyl (C=O) groups excluding carboxylic acids is 3. The molecule has 0 aliphatic carbocycles. The van der Waals surface area contributed by atoms with Gasteiger partial charge in [0.2, 0.25) is 5.79 Å². The number of hydrogen-bond acceptors (Lipinski definition) is 8.